The molecule has 0 bridgehead atoms. The normalized spacial score (nSPS) is 12.8. The zero-order valence-corrected chi connectivity index (χ0v) is 21.7. The first-order valence-corrected chi connectivity index (χ1v) is 13.5. The van der Waals surface area contributed by atoms with Crippen molar-refractivity contribution in [2.24, 2.45) is 16.5 Å². The number of carbonyl (C=O) groups is 3. The molecule has 1 atom stereocenters. The Morgan fingerprint density at radius 1 is 1.03 bits per heavy atom. The molecule has 200 valence electrons. The Hall–Kier alpha value is -3.77. The molecule has 0 unspecified atom stereocenters. The van der Waals surface area contributed by atoms with Gasteiger partial charge >= 0.3 is 5.97 Å². The number of aryl methyl sites for hydroxylation is 1. The molecule has 0 radical (unpaired) electrons. The highest BCUT2D eigenvalue weighted by Crippen LogP contribution is 2.24. The zero-order valence-electron chi connectivity index (χ0n) is 20.9. The number of carboxylic acids is 1. The number of benzene rings is 2. The van der Waals surface area contributed by atoms with Crippen LogP contribution in [-0.4, -0.2) is 60.6 Å². The molecular formula is C25H33N5O6S. The fraction of sp³-hybridized carbons (Fsp3) is 0.360. The molecule has 0 aliphatic heterocycles. The van der Waals surface area contributed by atoms with Gasteiger partial charge in [0, 0.05) is 32.7 Å². The van der Waals surface area contributed by atoms with E-state index in [0.29, 0.717) is 12.0 Å². The van der Waals surface area contributed by atoms with Gasteiger partial charge in [-0.2, -0.15) is 0 Å². The van der Waals surface area contributed by atoms with Gasteiger partial charge in [-0.1, -0.05) is 42.5 Å². The summed E-state index contributed by atoms with van der Waals surface area (Å²) in [6, 6.07) is 15.0. The van der Waals surface area contributed by atoms with Crippen LogP contribution >= 0.6 is 0 Å². The number of amides is 2. The fourth-order valence-electron chi connectivity index (χ4n) is 3.87. The molecule has 0 spiro atoms. The molecule has 37 heavy (non-hydrogen) atoms. The lowest BCUT2D eigenvalue weighted by Crippen LogP contribution is -2.67. The number of carbonyl (C=O) groups excluding carboxylic acids is 2. The lowest BCUT2D eigenvalue weighted by Gasteiger charge is -2.39. The van der Waals surface area contributed by atoms with E-state index in [4.69, 9.17) is 11.5 Å². The van der Waals surface area contributed by atoms with E-state index in [0.717, 1.165) is 23.6 Å². The Kier molecular flexibility index (Phi) is 10.3. The van der Waals surface area contributed by atoms with Gasteiger partial charge in [-0.15, -0.1) is 0 Å². The molecule has 0 saturated heterocycles. The number of guanidine groups is 1. The van der Waals surface area contributed by atoms with Crippen molar-refractivity contribution < 1.29 is 27.9 Å². The lowest BCUT2D eigenvalue weighted by molar-refractivity contribution is -0.169. The van der Waals surface area contributed by atoms with E-state index >= 15 is 0 Å². The van der Waals surface area contributed by atoms with Crippen LogP contribution in [0.1, 0.15) is 37.3 Å². The number of aliphatic carboxylic acids is 1. The summed E-state index contributed by atoms with van der Waals surface area (Å²) in [5.74, 6) is -2.97. The van der Waals surface area contributed by atoms with Gasteiger partial charge in [0.05, 0.1) is 4.90 Å². The van der Waals surface area contributed by atoms with Crippen LogP contribution in [0.4, 0.5) is 0 Å². The molecule has 0 aromatic heterocycles. The molecule has 0 heterocycles. The molecule has 0 saturated carbocycles. The van der Waals surface area contributed by atoms with Crippen LogP contribution in [0.3, 0.4) is 0 Å². The van der Waals surface area contributed by atoms with Crippen molar-refractivity contribution in [3.05, 3.63) is 65.7 Å². The number of aliphatic imine (C=N–C) groups is 1. The van der Waals surface area contributed by atoms with E-state index < -0.39 is 33.3 Å². The quantitative estimate of drug-likeness (QED) is 0.127. The number of nitrogens with one attached hydrogen (secondary N) is 1. The van der Waals surface area contributed by atoms with Gasteiger partial charge in [-0.05, 0) is 42.5 Å². The van der Waals surface area contributed by atoms with Crippen molar-refractivity contribution in [3.8, 4) is 0 Å². The molecule has 2 amide bonds. The Bertz CT molecular complexity index is 1230. The van der Waals surface area contributed by atoms with Crippen molar-refractivity contribution >= 4 is 33.6 Å². The summed E-state index contributed by atoms with van der Waals surface area (Å²) in [4.78, 5) is 43.4. The maximum Gasteiger partial charge on any atom is 0.345 e. The SMILES string of the molecule is CC(=O)N(C(=O)CCc1ccccc1)[C@](CCCN=C(N)N)(NCc1ccc(S(C)(=O)=O)cc1)C(=O)O. The second-order valence-electron chi connectivity index (χ2n) is 8.58. The van der Waals surface area contributed by atoms with Crippen LogP contribution in [-0.2, 0) is 37.2 Å². The topological polar surface area (TPSA) is 185 Å². The van der Waals surface area contributed by atoms with Crippen molar-refractivity contribution in [2.75, 3.05) is 12.8 Å². The molecule has 0 aliphatic rings. The molecule has 12 heteroatoms. The first kappa shape index (κ1) is 29.5. The lowest BCUT2D eigenvalue weighted by atomic mass is 9.98. The van der Waals surface area contributed by atoms with Gasteiger partial charge in [0.25, 0.3) is 0 Å². The van der Waals surface area contributed by atoms with Crippen molar-refractivity contribution in [1.29, 1.82) is 0 Å². The van der Waals surface area contributed by atoms with Gasteiger partial charge in [-0.25, -0.2) is 13.2 Å². The Labute approximate surface area is 216 Å². The second-order valence-corrected chi connectivity index (χ2v) is 10.6. The molecule has 11 nitrogen and oxygen atoms in total. The predicted octanol–water partition coefficient (Wildman–Crippen LogP) is 1.02. The highest BCUT2D eigenvalue weighted by Gasteiger charge is 2.48. The molecular weight excluding hydrogens is 498 g/mol. The number of hydrogen-bond acceptors (Lipinski definition) is 7. The summed E-state index contributed by atoms with van der Waals surface area (Å²) in [6.07, 6.45) is 1.30. The molecule has 2 aromatic rings. The third-order valence-corrected chi connectivity index (χ3v) is 6.83. The van der Waals surface area contributed by atoms with E-state index in [1.54, 1.807) is 0 Å². The standard InChI is InChI=1S/C25H33N5O6S/c1-18(31)30(22(32)14-11-19-7-4-3-5-8-19)25(23(33)34,15-6-16-28-24(26)27)29-17-20-9-12-21(13-10-20)37(2,35)36/h3-5,7-10,12-13,29H,6,11,14-17H2,1-2H3,(H,33,34)(H4,26,27,28)/t25-/m0/s1. The summed E-state index contributed by atoms with van der Waals surface area (Å²) >= 11 is 0. The third kappa shape index (κ3) is 8.40. The first-order valence-electron chi connectivity index (χ1n) is 11.6. The van der Waals surface area contributed by atoms with Crippen LogP contribution in [0, 0.1) is 0 Å². The average molecular weight is 532 g/mol. The van der Waals surface area contributed by atoms with Crippen LogP contribution in [0.5, 0.6) is 0 Å². The summed E-state index contributed by atoms with van der Waals surface area (Å²) in [7, 11) is -3.41. The number of imide groups is 1. The van der Waals surface area contributed by atoms with Crippen LogP contribution < -0.4 is 16.8 Å². The predicted molar refractivity (Wildman–Crippen MR) is 139 cm³/mol. The average Bonchev–Trinajstić information content (AvgIpc) is 2.83. The van der Waals surface area contributed by atoms with Crippen LogP contribution in [0.2, 0.25) is 0 Å². The molecule has 2 aromatic carbocycles. The largest absolute Gasteiger partial charge is 0.478 e. The van der Waals surface area contributed by atoms with Gasteiger partial charge < -0.3 is 16.6 Å². The molecule has 0 aliphatic carbocycles. The van der Waals surface area contributed by atoms with E-state index in [-0.39, 0.29) is 43.2 Å². The minimum atomic E-state index is -3.41. The van der Waals surface area contributed by atoms with Gasteiger partial charge in [0.2, 0.25) is 11.8 Å². The van der Waals surface area contributed by atoms with E-state index in [1.807, 2.05) is 30.3 Å². The summed E-state index contributed by atoms with van der Waals surface area (Å²) in [6.45, 7) is 1.16. The Balaban J connectivity index is 2.37. The summed E-state index contributed by atoms with van der Waals surface area (Å²) in [5, 5.41) is 13.2. The minimum absolute atomic E-state index is 0.0611. The summed E-state index contributed by atoms with van der Waals surface area (Å²) < 4.78 is 23.5. The summed E-state index contributed by atoms with van der Waals surface area (Å²) in [5.41, 5.74) is 10.1. The fourth-order valence-corrected chi connectivity index (χ4v) is 4.50. The van der Waals surface area contributed by atoms with E-state index in [1.165, 1.54) is 24.3 Å². The van der Waals surface area contributed by atoms with Crippen LogP contribution in [0.15, 0.2) is 64.5 Å². The number of rotatable bonds is 13. The molecule has 0 fully saturated rings. The second kappa shape index (κ2) is 13.0. The number of sulfone groups is 1. The number of carboxylic acid groups (broad SMARTS) is 1. The van der Waals surface area contributed by atoms with Gasteiger partial charge in [0.1, 0.15) is 0 Å². The number of nitrogens with zero attached hydrogens (tertiary/aromatic N) is 2. The zero-order chi connectivity index (χ0) is 27.6. The van der Waals surface area contributed by atoms with E-state index in [2.05, 4.69) is 10.3 Å². The van der Waals surface area contributed by atoms with Crippen LogP contribution in [0.25, 0.3) is 0 Å². The van der Waals surface area contributed by atoms with Crippen molar-refractivity contribution in [3.63, 3.8) is 0 Å². The maximum absolute atomic E-state index is 13.3. The number of nitrogens with two attached hydrogens (primary N) is 2. The van der Waals surface area contributed by atoms with Gasteiger partial charge in [0.15, 0.2) is 21.5 Å². The monoisotopic (exact) mass is 531 g/mol. The first-order chi connectivity index (χ1) is 17.4. The van der Waals surface area contributed by atoms with Crippen molar-refractivity contribution in [2.45, 2.75) is 49.7 Å². The highest BCUT2D eigenvalue weighted by molar-refractivity contribution is 7.90. The Morgan fingerprint density at radius 2 is 1.65 bits per heavy atom. The highest BCUT2D eigenvalue weighted by atomic mass is 32.2. The van der Waals surface area contributed by atoms with Crippen molar-refractivity contribution in [1.82, 2.24) is 10.2 Å². The van der Waals surface area contributed by atoms with E-state index in [9.17, 15) is 27.9 Å². The smallest absolute Gasteiger partial charge is 0.345 e. The minimum Gasteiger partial charge on any atom is -0.478 e. The maximum atomic E-state index is 13.3. The number of hydrogen-bond donors (Lipinski definition) is 4. The van der Waals surface area contributed by atoms with Gasteiger partial charge in [-0.3, -0.25) is 24.8 Å². The molecule has 6 N–H and O–H groups in total. The molecule has 2 rings (SSSR count). The Morgan fingerprint density at radius 3 is 2.16 bits per heavy atom. The third-order valence-electron chi connectivity index (χ3n) is 5.70.